The van der Waals surface area contributed by atoms with Crippen LogP contribution in [0.2, 0.25) is 0 Å². The SMILES string of the molecule is C[C@@H]1CN(C(=O)C2CCCCC(=O)N2)C[C@H]1C(=O)OC(C)(C)C. The van der Waals surface area contributed by atoms with E-state index in [4.69, 9.17) is 4.74 Å². The van der Waals surface area contributed by atoms with Crippen molar-refractivity contribution in [1.82, 2.24) is 10.2 Å². The lowest BCUT2D eigenvalue weighted by atomic mass is 9.98. The lowest BCUT2D eigenvalue weighted by Gasteiger charge is -2.24. The van der Waals surface area contributed by atoms with Gasteiger partial charge in [0, 0.05) is 19.5 Å². The molecule has 2 aliphatic heterocycles. The van der Waals surface area contributed by atoms with Gasteiger partial charge in [-0.15, -0.1) is 0 Å². The largest absolute Gasteiger partial charge is 0.460 e. The van der Waals surface area contributed by atoms with Crippen LogP contribution in [0.5, 0.6) is 0 Å². The maximum Gasteiger partial charge on any atom is 0.311 e. The normalized spacial score (nSPS) is 29.0. The van der Waals surface area contributed by atoms with Gasteiger partial charge in [0.1, 0.15) is 11.6 Å². The zero-order chi connectivity index (χ0) is 17.2. The van der Waals surface area contributed by atoms with E-state index in [9.17, 15) is 14.4 Å². The third kappa shape index (κ3) is 4.69. The molecule has 3 atom stereocenters. The molecule has 1 unspecified atom stereocenters. The average molecular weight is 324 g/mol. The number of likely N-dealkylation sites (tertiary alicyclic amines) is 1. The number of rotatable bonds is 2. The van der Waals surface area contributed by atoms with Crippen LogP contribution in [0.3, 0.4) is 0 Å². The van der Waals surface area contributed by atoms with Gasteiger partial charge in [0.15, 0.2) is 0 Å². The quantitative estimate of drug-likeness (QED) is 0.781. The molecule has 0 aromatic carbocycles. The Balaban J connectivity index is 1.98. The van der Waals surface area contributed by atoms with Crippen LogP contribution in [0.25, 0.3) is 0 Å². The van der Waals surface area contributed by atoms with Gasteiger partial charge in [-0.2, -0.15) is 0 Å². The van der Waals surface area contributed by atoms with Gasteiger partial charge in [-0.3, -0.25) is 14.4 Å². The summed E-state index contributed by atoms with van der Waals surface area (Å²) in [4.78, 5) is 38.3. The number of nitrogens with zero attached hydrogens (tertiary/aromatic N) is 1. The Morgan fingerprint density at radius 3 is 2.57 bits per heavy atom. The van der Waals surface area contributed by atoms with Crippen LogP contribution in [0.15, 0.2) is 0 Å². The van der Waals surface area contributed by atoms with Crippen molar-refractivity contribution in [2.24, 2.45) is 11.8 Å². The summed E-state index contributed by atoms with van der Waals surface area (Å²) in [6.07, 6.45) is 2.86. The van der Waals surface area contributed by atoms with E-state index in [-0.39, 0.29) is 29.6 Å². The number of carbonyl (C=O) groups is 3. The third-order valence-electron chi connectivity index (χ3n) is 4.41. The molecular formula is C17H28N2O4. The number of nitrogens with one attached hydrogen (secondary N) is 1. The van der Waals surface area contributed by atoms with Crippen molar-refractivity contribution in [3.8, 4) is 0 Å². The highest BCUT2D eigenvalue weighted by molar-refractivity contribution is 5.88. The highest BCUT2D eigenvalue weighted by Gasteiger charge is 2.41. The van der Waals surface area contributed by atoms with Crippen LogP contribution >= 0.6 is 0 Å². The predicted molar refractivity (Wildman–Crippen MR) is 85.5 cm³/mol. The lowest BCUT2D eigenvalue weighted by molar-refractivity contribution is -0.160. The van der Waals surface area contributed by atoms with Crippen LogP contribution in [0.4, 0.5) is 0 Å². The minimum absolute atomic E-state index is 0.0585. The maximum absolute atomic E-state index is 12.7. The van der Waals surface area contributed by atoms with Gasteiger partial charge in [0.25, 0.3) is 0 Å². The monoisotopic (exact) mass is 324 g/mol. The summed E-state index contributed by atoms with van der Waals surface area (Å²) in [5.41, 5.74) is -0.524. The fourth-order valence-electron chi connectivity index (χ4n) is 3.21. The van der Waals surface area contributed by atoms with Crippen molar-refractivity contribution in [2.75, 3.05) is 13.1 Å². The second kappa shape index (κ2) is 6.89. The van der Waals surface area contributed by atoms with E-state index in [1.807, 2.05) is 27.7 Å². The molecule has 0 bridgehead atoms. The second-order valence-electron chi connectivity index (χ2n) is 7.73. The Morgan fingerprint density at radius 2 is 1.91 bits per heavy atom. The Kier molecular flexibility index (Phi) is 5.32. The number of carbonyl (C=O) groups excluding carboxylic acids is 3. The van der Waals surface area contributed by atoms with Gasteiger partial charge in [-0.05, 0) is 39.5 Å². The van der Waals surface area contributed by atoms with E-state index < -0.39 is 11.6 Å². The Bertz CT molecular complexity index is 483. The molecule has 2 rings (SSSR count). The van der Waals surface area contributed by atoms with Crippen LogP contribution < -0.4 is 5.32 Å². The van der Waals surface area contributed by atoms with Gasteiger partial charge >= 0.3 is 5.97 Å². The highest BCUT2D eigenvalue weighted by Crippen LogP contribution is 2.27. The van der Waals surface area contributed by atoms with Crippen molar-refractivity contribution in [1.29, 1.82) is 0 Å². The second-order valence-corrected chi connectivity index (χ2v) is 7.73. The molecule has 23 heavy (non-hydrogen) atoms. The highest BCUT2D eigenvalue weighted by atomic mass is 16.6. The van der Waals surface area contributed by atoms with Gasteiger partial charge < -0.3 is 15.0 Å². The summed E-state index contributed by atoms with van der Waals surface area (Å²) in [6.45, 7) is 8.40. The number of hydrogen-bond acceptors (Lipinski definition) is 4. The van der Waals surface area contributed by atoms with Crippen LogP contribution in [0, 0.1) is 11.8 Å². The number of hydrogen-bond donors (Lipinski definition) is 1. The number of amides is 2. The first-order valence-corrected chi connectivity index (χ1v) is 8.48. The predicted octanol–water partition coefficient (Wildman–Crippen LogP) is 1.48. The third-order valence-corrected chi connectivity index (χ3v) is 4.41. The molecule has 0 radical (unpaired) electrons. The Labute approximate surface area is 137 Å². The fourth-order valence-corrected chi connectivity index (χ4v) is 3.21. The first kappa shape index (κ1) is 17.8. The molecule has 2 heterocycles. The van der Waals surface area contributed by atoms with E-state index in [2.05, 4.69) is 5.32 Å². The van der Waals surface area contributed by atoms with Gasteiger partial charge in [0.2, 0.25) is 11.8 Å². The van der Waals surface area contributed by atoms with Crippen molar-refractivity contribution in [2.45, 2.75) is 65.0 Å². The van der Waals surface area contributed by atoms with Gasteiger partial charge in [-0.25, -0.2) is 0 Å². The van der Waals surface area contributed by atoms with Gasteiger partial charge in [-0.1, -0.05) is 13.3 Å². The molecule has 2 saturated heterocycles. The molecule has 2 aliphatic rings. The molecule has 0 saturated carbocycles. The smallest absolute Gasteiger partial charge is 0.311 e. The van der Waals surface area contributed by atoms with Crippen molar-refractivity contribution in [3.63, 3.8) is 0 Å². The summed E-state index contributed by atoms with van der Waals surface area (Å²) < 4.78 is 5.46. The minimum Gasteiger partial charge on any atom is -0.460 e. The molecular weight excluding hydrogens is 296 g/mol. The first-order chi connectivity index (χ1) is 10.7. The van der Waals surface area contributed by atoms with Crippen molar-refractivity contribution >= 4 is 17.8 Å². The summed E-state index contributed by atoms with van der Waals surface area (Å²) in [6, 6.07) is -0.449. The standard InChI is InChI=1S/C17H28N2O4/c1-11-9-19(10-12(11)16(22)23-17(2,3)4)15(21)13-7-5-6-8-14(20)18-13/h11-13H,5-10H2,1-4H3,(H,18,20)/t11-,12-,13?/m1/s1. The summed E-state index contributed by atoms with van der Waals surface area (Å²) in [5, 5.41) is 2.81. The van der Waals surface area contributed by atoms with E-state index in [1.165, 1.54) is 0 Å². The molecule has 1 N–H and O–H groups in total. The molecule has 0 aromatic rings. The topological polar surface area (TPSA) is 75.7 Å². The molecule has 0 aromatic heterocycles. The molecule has 0 aliphatic carbocycles. The van der Waals surface area contributed by atoms with E-state index in [0.717, 1.165) is 12.8 Å². The van der Waals surface area contributed by atoms with Gasteiger partial charge in [0.05, 0.1) is 5.92 Å². The van der Waals surface area contributed by atoms with Crippen molar-refractivity contribution in [3.05, 3.63) is 0 Å². The first-order valence-electron chi connectivity index (χ1n) is 8.48. The van der Waals surface area contributed by atoms with Crippen molar-refractivity contribution < 1.29 is 19.1 Å². The molecule has 6 nitrogen and oxygen atoms in total. The average Bonchev–Trinajstić information content (AvgIpc) is 2.68. The molecule has 2 fully saturated rings. The summed E-state index contributed by atoms with van der Waals surface area (Å²) in [7, 11) is 0. The Hall–Kier alpha value is -1.59. The van der Waals surface area contributed by atoms with Crippen LogP contribution in [-0.2, 0) is 19.1 Å². The minimum atomic E-state index is -0.524. The van der Waals surface area contributed by atoms with E-state index in [1.54, 1.807) is 4.90 Å². The van der Waals surface area contributed by atoms with E-state index >= 15 is 0 Å². The zero-order valence-corrected chi connectivity index (χ0v) is 14.6. The molecule has 2 amide bonds. The lowest BCUT2D eigenvalue weighted by Crippen LogP contribution is -2.47. The molecule has 0 spiro atoms. The molecule has 130 valence electrons. The zero-order valence-electron chi connectivity index (χ0n) is 14.6. The van der Waals surface area contributed by atoms with Crippen LogP contribution in [-0.4, -0.2) is 47.4 Å². The Morgan fingerprint density at radius 1 is 1.22 bits per heavy atom. The summed E-state index contributed by atoms with van der Waals surface area (Å²) in [5.74, 6) is -0.602. The maximum atomic E-state index is 12.7. The number of ether oxygens (including phenoxy) is 1. The van der Waals surface area contributed by atoms with E-state index in [0.29, 0.717) is 25.9 Å². The number of esters is 1. The fraction of sp³-hybridized carbons (Fsp3) is 0.824. The molecule has 6 heteroatoms. The summed E-state index contributed by atoms with van der Waals surface area (Å²) >= 11 is 0. The van der Waals surface area contributed by atoms with Crippen LogP contribution in [0.1, 0.15) is 53.4 Å².